The first-order chi connectivity index (χ1) is 8.47. The largest absolute Gasteiger partial charge is 0.496 e. The summed E-state index contributed by atoms with van der Waals surface area (Å²) in [4.78, 5) is 11.1. The monoisotopic (exact) mass is 252 g/mol. The zero-order valence-corrected chi connectivity index (χ0v) is 11.2. The lowest BCUT2D eigenvalue weighted by molar-refractivity contribution is -0.114. The van der Waals surface area contributed by atoms with Crippen molar-refractivity contribution < 1.29 is 14.3 Å². The number of nitrogens with two attached hydrogens (primary N) is 1. The van der Waals surface area contributed by atoms with E-state index < -0.39 is 0 Å². The highest BCUT2D eigenvalue weighted by Crippen LogP contribution is 2.33. The van der Waals surface area contributed by atoms with Gasteiger partial charge in [-0.05, 0) is 25.0 Å². The maximum absolute atomic E-state index is 11.1. The van der Waals surface area contributed by atoms with Crippen LogP contribution in [0.5, 0.6) is 11.5 Å². The number of methoxy groups -OCH3 is 2. The van der Waals surface area contributed by atoms with Gasteiger partial charge in [0.1, 0.15) is 11.5 Å². The second-order valence-electron chi connectivity index (χ2n) is 4.23. The SMILES string of the molecule is COc1cc(NC(C)=O)c(OC)cc1CC(C)N. The van der Waals surface area contributed by atoms with E-state index in [4.69, 9.17) is 15.2 Å². The normalized spacial score (nSPS) is 11.8. The molecule has 0 saturated carbocycles. The van der Waals surface area contributed by atoms with Crippen LogP contribution in [0.25, 0.3) is 0 Å². The fraction of sp³-hybridized carbons (Fsp3) is 0.462. The molecule has 0 aliphatic heterocycles. The number of rotatable bonds is 5. The molecule has 0 aliphatic carbocycles. The Hall–Kier alpha value is -1.75. The average Bonchev–Trinajstić information content (AvgIpc) is 2.29. The van der Waals surface area contributed by atoms with E-state index >= 15 is 0 Å². The molecular weight excluding hydrogens is 232 g/mol. The third kappa shape index (κ3) is 3.63. The molecule has 0 saturated heterocycles. The van der Waals surface area contributed by atoms with E-state index in [-0.39, 0.29) is 11.9 Å². The molecule has 1 amide bonds. The molecule has 0 aromatic heterocycles. The highest BCUT2D eigenvalue weighted by atomic mass is 16.5. The molecule has 18 heavy (non-hydrogen) atoms. The molecule has 0 heterocycles. The Bertz CT molecular complexity index is 430. The molecule has 1 atom stereocenters. The van der Waals surface area contributed by atoms with Crippen molar-refractivity contribution in [1.82, 2.24) is 0 Å². The van der Waals surface area contributed by atoms with Gasteiger partial charge in [-0.25, -0.2) is 0 Å². The Balaban J connectivity index is 3.18. The molecule has 5 nitrogen and oxygen atoms in total. The molecule has 1 rings (SSSR count). The molecule has 3 N–H and O–H groups in total. The van der Waals surface area contributed by atoms with E-state index in [0.29, 0.717) is 23.6 Å². The van der Waals surface area contributed by atoms with E-state index in [1.165, 1.54) is 6.92 Å². The number of benzene rings is 1. The van der Waals surface area contributed by atoms with Gasteiger partial charge in [-0.3, -0.25) is 4.79 Å². The summed E-state index contributed by atoms with van der Waals surface area (Å²) in [6.07, 6.45) is 0.680. The van der Waals surface area contributed by atoms with E-state index in [2.05, 4.69) is 5.32 Å². The van der Waals surface area contributed by atoms with Gasteiger partial charge in [-0.15, -0.1) is 0 Å². The van der Waals surface area contributed by atoms with Crippen LogP contribution in [-0.2, 0) is 11.2 Å². The van der Waals surface area contributed by atoms with Crippen LogP contribution in [0.3, 0.4) is 0 Å². The molecule has 0 bridgehead atoms. The smallest absolute Gasteiger partial charge is 0.221 e. The summed E-state index contributed by atoms with van der Waals surface area (Å²) in [5.74, 6) is 1.13. The summed E-state index contributed by atoms with van der Waals surface area (Å²) in [5.41, 5.74) is 7.34. The Kier molecular flexibility index (Phi) is 4.97. The molecule has 1 aromatic rings. The van der Waals surface area contributed by atoms with Crippen molar-refractivity contribution in [2.45, 2.75) is 26.3 Å². The highest BCUT2D eigenvalue weighted by Gasteiger charge is 2.13. The van der Waals surface area contributed by atoms with Gasteiger partial charge in [0.15, 0.2) is 0 Å². The number of carbonyl (C=O) groups is 1. The Labute approximate surface area is 107 Å². The molecule has 0 radical (unpaired) electrons. The van der Waals surface area contributed by atoms with Crippen LogP contribution in [0, 0.1) is 0 Å². The van der Waals surface area contributed by atoms with Gasteiger partial charge in [0, 0.05) is 19.0 Å². The lowest BCUT2D eigenvalue weighted by Crippen LogP contribution is -2.18. The lowest BCUT2D eigenvalue weighted by Gasteiger charge is -2.16. The van der Waals surface area contributed by atoms with Crippen LogP contribution < -0.4 is 20.5 Å². The quantitative estimate of drug-likeness (QED) is 0.834. The van der Waals surface area contributed by atoms with Crippen molar-refractivity contribution in [2.24, 2.45) is 5.73 Å². The first-order valence-corrected chi connectivity index (χ1v) is 5.76. The van der Waals surface area contributed by atoms with Crippen molar-refractivity contribution in [1.29, 1.82) is 0 Å². The van der Waals surface area contributed by atoms with Gasteiger partial charge in [0.25, 0.3) is 0 Å². The minimum Gasteiger partial charge on any atom is -0.496 e. The maximum atomic E-state index is 11.1. The van der Waals surface area contributed by atoms with E-state index in [1.807, 2.05) is 13.0 Å². The van der Waals surface area contributed by atoms with Crippen LogP contribution >= 0.6 is 0 Å². The average molecular weight is 252 g/mol. The van der Waals surface area contributed by atoms with Gasteiger partial charge >= 0.3 is 0 Å². The zero-order chi connectivity index (χ0) is 13.7. The number of hydrogen-bond donors (Lipinski definition) is 2. The number of amides is 1. The summed E-state index contributed by atoms with van der Waals surface area (Å²) in [6.45, 7) is 3.37. The fourth-order valence-electron chi connectivity index (χ4n) is 1.75. The van der Waals surface area contributed by atoms with E-state index in [9.17, 15) is 4.79 Å². The second kappa shape index (κ2) is 6.26. The third-order valence-corrected chi connectivity index (χ3v) is 2.46. The Morgan fingerprint density at radius 1 is 1.33 bits per heavy atom. The lowest BCUT2D eigenvalue weighted by atomic mass is 10.0. The van der Waals surface area contributed by atoms with Crippen LogP contribution in [0.15, 0.2) is 12.1 Å². The first kappa shape index (κ1) is 14.3. The summed E-state index contributed by atoms with van der Waals surface area (Å²) in [6, 6.07) is 3.61. The first-order valence-electron chi connectivity index (χ1n) is 5.76. The number of ether oxygens (including phenoxy) is 2. The minimum atomic E-state index is -0.157. The van der Waals surface area contributed by atoms with Crippen molar-refractivity contribution >= 4 is 11.6 Å². The van der Waals surface area contributed by atoms with Crippen LogP contribution in [-0.4, -0.2) is 26.2 Å². The molecule has 100 valence electrons. The van der Waals surface area contributed by atoms with E-state index in [1.54, 1.807) is 20.3 Å². The Morgan fingerprint density at radius 3 is 2.39 bits per heavy atom. The number of hydrogen-bond acceptors (Lipinski definition) is 4. The maximum Gasteiger partial charge on any atom is 0.221 e. The second-order valence-corrected chi connectivity index (χ2v) is 4.23. The summed E-state index contributed by atoms with van der Waals surface area (Å²) < 4.78 is 10.6. The summed E-state index contributed by atoms with van der Waals surface area (Å²) >= 11 is 0. The fourth-order valence-corrected chi connectivity index (χ4v) is 1.75. The molecule has 0 fully saturated rings. The number of anilines is 1. The van der Waals surface area contributed by atoms with Gasteiger partial charge < -0.3 is 20.5 Å². The van der Waals surface area contributed by atoms with Gasteiger partial charge in [0.05, 0.1) is 19.9 Å². The van der Waals surface area contributed by atoms with Crippen LogP contribution in [0.1, 0.15) is 19.4 Å². The van der Waals surface area contributed by atoms with Crippen molar-refractivity contribution in [3.05, 3.63) is 17.7 Å². The van der Waals surface area contributed by atoms with Crippen molar-refractivity contribution in [2.75, 3.05) is 19.5 Å². The standard InChI is InChI=1S/C13H20N2O3/c1-8(14)5-10-6-13(18-4)11(15-9(2)16)7-12(10)17-3/h6-8H,5,14H2,1-4H3,(H,15,16). The van der Waals surface area contributed by atoms with Gasteiger partial charge in [-0.2, -0.15) is 0 Å². The zero-order valence-electron chi connectivity index (χ0n) is 11.2. The molecule has 0 aliphatic rings. The summed E-state index contributed by atoms with van der Waals surface area (Å²) in [7, 11) is 3.15. The van der Waals surface area contributed by atoms with Crippen molar-refractivity contribution in [3.63, 3.8) is 0 Å². The Morgan fingerprint density at radius 2 is 1.94 bits per heavy atom. The molecule has 1 unspecified atom stereocenters. The highest BCUT2D eigenvalue weighted by molar-refractivity contribution is 5.90. The van der Waals surface area contributed by atoms with Crippen molar-refractivity contribution in [3.8, 4) is 11.5 Å². The van der Waals surface area contributed by atoms with Crippen LogP contribution in [0.2, 0.25) is 0 Å². The number of nitrogens with one attached hydrogen (secondary N) is 1. The molecule has 1 aromatic carbocycles. The van der Waals surface area contributed by atoms with Crippen LogP contribution in [0.4, 0.5) is 5.69 Å². The predicted octanol–water partition coefficient (Wildman–Crippen LogP) is 1.55. The number of carbonyl (C=O) groups excluding carboxylic acids is 1. The summed E-state index contributed by atoms with van der Waals surface area (Å²) in [5, 5.41) is 2.70. The topological polar surface area (TPSA) is 73.6 Å². The van der Waals surface area contributed by atoms with Gasteiger partial charge in [-0.1, -0.05) is 0 Å². The van der Waals surface area contributed by atoms with Gasteiger partial charge in [0.2, 0.25) is 5.91 Å². The third-order valence-electron chi connectivity index (χ3n) is 2.46. The van der Waals surface area contributed by atoms with E-state index in [0.717, 1.165) is 5.56 Å². The molecule has 5 heteroatoms. The molecular formula is C13H20N2O3. The predicted molar refractivity (Wildman–Crippen MR) is 71.2 cm³/mol. The minimum absolute atomic E-state index is 0.0234. The molecule has 0 spiro atoms.